The van der Waals surface area contributed by atoms with Gasteiger partial charge in [-0.2, -0.15) is 5.10 Å². The van der Waals surface area contributed by atoms with Crippen molar-refractivity contribution in [2.24, 2.45) is 17.8 Å². The summed E-state index contributed by atoms with van der Waals surface area (Å²) in [5, 5.41) is 11.2. The van der Waals surface area contributed by atoms with Crippen molar-refractivity contribution in [3.8, 4) is 0 Å². The molecule has 3 aliphatic rings. The normalized spacial score (nSPS) is 24.1. The molecule has 2 aliphatic heterocycles. The number of hydrogen-bond acceptors (Lipinski definition) is 5. The minimum absolute atomic E-state index is 0.0113. The summed E-state index contributed by atoms with van der Waals surface area (Å²) in [4.78, 5) is 30.0. The lowest BCUT2D eigenvalue weighted by atomic mass is 10.0. The number of amides is 2. The summed E-state index contributed by atoms with van der Waals surface area (Å²) in [6.45, 7) is 4.55. The Bertz CT molecular complexity index is 934. The number of carbonyl (C=O) groups is 2. The van der Waals surface area contributed by atoms with Crippen molar-refractivity contribution in [1.82, 2.24) is 25.3 Å². The Morgan fingerprint density at radius 3 is 2.36 bits per heavy atom. The summed E-state index contributed by atoms with van der Waals surface area (Å²) in [5.41, 5.74) is 1.61. The maximum Gasteiger partial charge on any atom is 0.274 e. The lowest BCUT2D eigenvalue weighted by Crippen LogP contribution is -2.36. The van der Waals surface area contributed by atoms with Gasteiger partial charge >= 0.3 is 0 Å². The van der Waals surface area contributed by atoms with Gasteiger partial charge in [-0.25, -0.2) is 0 Å². The summed E-state index contributed by atoms with van der Waals surface area (Å²) >= 11 is 0. The van der Waals surface area contributed by atoms with Gasteiger partial charge in [0.1, 0.15) is 0 Å². The van der Waals surface area contributed by atoms with E-state index in [4.69, 9.17) is 0 Å². The average Bonchev–Trinajstić information content (AvgIpc) is 3.59. The van der Waals surface area contributed by atoms with Crippen LogP contribution >= 0.6 is 0 Å². The first-order valence-electron chi connectivity index (χ1n) is 12.3. The van der Waals surface area contributed by atoms with Crippen molar-refractivity contribution in [1.29, 1.82) is 0 Å². The second kappa shape index (κ2) is 10.00. The van der Waals surface area contributed by atoms with Crippen LogP contribution in [0.3, 0.4) is 0 Å². The molecule has 7 nitrogen and oxygen atoms in total. The molecule has 174 valence electrons. The van der Waals surface area contributed by atoms with E-state index in [1.165, 1.54) is 18.4 Å². The molecule has 0 unspecified atom stereocenters. The third-order valence-electron chi connectivity index (χ3n) is 7.62. The highest BCUT2D eigenvalue weighted by molar-refractivity contribution is 5.92. The molecule has 3 atom stereocenters. The van der Waals surface area contributed by atoms with Crippen LogP contribution in [0.4, 0.5) is 0 Å². The number of likely N-dealkylation sites (tertiary alicyclic amines) is 2. The highest BCUT2D eigenvalue weighted by Gasteiger charge is 2.42. The molecule has 2 saturated heterocycles. The van der Waals surface area contributed by atoms with Gasteiger partial charge in [0.2, 0.25) is 5.91 Å². The summed E-state index contributed by atoms with van der Waals surface area (Å²) < 4.78 is 0. The summed E-state index contributed by atoms with van der Waals surface area (Å²) in [6, 6.07) is 13.9. The Balaban J connectivity index is 1.15. The van der Waals surface area contributed by atoms with E-state index in [1.54, 1.807) is 18.3 Å². The third kappa shape index (κ3) is 5.08. The number of nitrogens with one attached hydrogen (secondary N) is 1. The zero-order chi connectivity index (χ0) is 22.6. The molecule has 1 N–H and O–H groups in total. The highest BCUT2D eigenvalue weighted by atomic mass is 16.2. The fraction of sp³-hybridized carbons (Fsp3) is 0.538. The molecule has 2 aromatic rings. The molecule has 2 amide bonds. The van der Waals surface area contributed by atoms with Crippen LogP contribution in [-0.2, 0) is 4.79 Å². The van der Waals surface area contributed by atoms with E-state index in [0.717, 1.165) is 52.0 Å². The lowest BCUT2D eigenvalue weighted by Gasteiger charge is -2.25. The van der Waals surface area contributed by atoms with E-state index in [1.807, 2.05) is 23.1 Å². The summed E-state index contributed by atoms with van der Waals surface area (Å²) in [5.74, 6) is 1.41. The van der Waals surface area contributed by atoms with Crippen LogP contribution in [0.25, 0.3) is 0 Å². The largest absolute Gasteiger partial charge is 0.349 e. The zero-order valence-corrected chi connectivity index (χ0v) is 19.1. The van der Waals surface area contributed by atoms with Crippen molar-refractivity contribution < 1.29 is 9.59 Å². The topological polar surface area (TPSA) is 78.4 Å². The van der Waals surface area contributed by atoms with Gasteiger partial charge in [-0.1, -0.05) is 43.2 Å². The molecule has 1 aromatic carbocycles. The molecule has 3 heterocycles. The molecular formula is C26H33N5O2. The van der Waals surface area contributed by atoms with Gasteiger partial charge < -0.3 is 15.1 Å². The van der Waals surface area contributed by atoms with E-state index < -0.39 is 0 Å². The number of benzene rings is 1. The van der Waals surface area contributed by atoms with Gasteiger partial charge in [0.15, 0.2) is 5.69 Å². The molecule has 1 aliphatic carbocycles. The molecule has 1 aromatic heterocycles. The maximum absolute atomic E-state index is 12.8. The number of rotatable bonds is 7. The lowest BCUT2D eigenvalue weighted by molar-refractivity contribution is -0.125. The van der Waals surface area contributed by atoms with Crippen LogP contribution in [0.5, 0.6) is 0 Å². The molecule has 7 heteroatoms. The molecule has 5 rings (SSSR count). The van der Waals surface area contributed by atoms with Crippen LogP contribution in [0.2, 0.25) is 0 Å². The maximum atomic E-state index is 12.8. The van der Waals surface area contributed by atoms with Gasteiger partial charge in [-0.3, -0.25) is 9.59 Å². The molecule has 1 saturated carbocycles. The molecule has 33 heavy (non-hydrogen) atoms. The van der Waals surface area contributed by atoms with E-state index >= 15 is 0 Å². The predicted octanol–water partition coefficient (Wildman–Crippen LogP) is 2.92. The van der Waals surface area contributed by atoms with Crippen molar-refractivity contribution in [2.75, 3.05) is 32.7 Å². The number of aromatic nitrogens is 2. The number of hydrogen-bond donors (Lipinski definition) is 1. The first kappa shape index (κ1) is 22.0. The van der Waals surface area contributed by atoms with Crippen LogP contribution < -0.4 is 5.32 Å². The monoisotopic (exact) mass is 447 g/mol. The highest BCUT2D eigenvalue weighted by Crippen LogP contribution is 2.33. The Kier molecular flexibility index (Phi) is 6.67. The number of fused-ring (bicyclic) bond motifs is 1. The van der Waals surface area contributed by atoms with Crippen LogP contribution in [0.1, 0.15) is 54.2 Å². The predicted molar refractivity (Wildman–Crippen MR) is 125 cm³/mol. The van der Waals surface area contributed by atoms with E-state index in [2.05, 4.69) is 32.5 Å². The van der Waals surface area contributed by atoms with Crippen LogP contribution in [0, 0.1) is 17.8 Å². The SMILES string of the molecule is O=C(N[C@@H](CCN1C[C@@H]2CN(C(=O)c3cccnn3)C[C@@H]2C1)c1ccccc1)C1CCCC1. The Morgan fingerprint density at radius 1 is 0.970 bits per heavy atom. The van der Waals surface area contributed by atoms with Gasteiger partial charge in [0, 0.05) is 44.8 Å². The first-order valence-corrected chi connectivity index (χ1v) is 12.3. The zero-order valence-electron chi connectivity index (χ0n) is 19.1. The second-order valence-corrected chi connectivity index (χ2v) is 9.84. The molecular weight excluding hydrogens is 414 g/mol. The minimum atomic E-state index is -0.0113. The molecule has 0 radical (unpaired) electrons. The fourth-order valence-corrected chi connectivity index (χ4v) is 5.81. The van der Waals surface area contributed by atoms with Gasteiger partial charge in [0.05, 0.1) is 6.04 Å². The quantitative estimate of drug-likeness (QED) is 0.706. The van der Waals surface area contributed by atoms with Crippen LogP contribution in [0.15, 0.2) is 48.7 Å². The van der Waals surface area contributed by atoms with E-state index in [9.17, 15) is 9.59 Å². The molecule has 3 fully saturated rings. The van der Waals surface area contributed by atoms with Crippen molar-refractivity contribution in [3.05, 3.63) is 59.9 Å². The molecule has 0 spiro atoms. The Labute approximate surface area is 195 Å². The van der Waals surface area contributed by atoms with Crippen LogP contribution in [-0.4, -0.2) is 64.5 Å². The fourth-order valence-electron chi connectivity index (χ4n) is 5.81. The first-order chi connectivity index (χ1) is 16.2. The minimum Gasteiger partial charge on any atom is -0.349 e. The summed E-state index contributed by atoms with van der Waals surface area (Å²) in [6.07, 6.45) is 6.87. The van der Waals surface area contributed by atoms with Crippen molar-refractivity contribution >= 4 is 11.8 Å². The van der Waals surface area contributed by atoms with E-state index in [0.29, 0.717) is 17.5 Å². The number of nitrogens with zero attached hydrogens (tertiary/aromatic N) is 4. The molecule has 0 bridgehead atoms. The van der Waals surface area contributed by atoms with E-state index in [-0.39, 0.29) is 23.8 Å². The van der Waals surface area contributed by atoms with Gasteiger partial charge in [-0.05, 0) is 48.8 Å². The van der Waals surface area contributed by atoms with Gasteiger partial charge in [0.25, 0.3) is 5.91 Å². The Morgan fingerprint density at radius 2 is 1.70 bits per heavy atom. The van der Waals surface area contributed by atoms with Gasteiger partial charge in [-0.15, -0.1) is 5.10 Å². The summed E-state index contributed by atoms with van der Waals surface area (Å²) in [7, 11) is 0. The average molecular weight is 448 g/mol. The number of carbonyl (C=O) groups excluding carboxylic acids is 2. The third-order valence-corrected chi connectivity index (χ3v) is 7.62. The standard InChI is InChI=1S/C26H33N5O2/c32-25(20-9-4-5-10-20)28-23(19-7-2-1-3-8-19)12-14-30-15-21-17-31(18-22(21)16-30)26(33)24-11-6-13-27-29-24/h1-3,6-8,11,13,20-23H,4-5,9-10,12,14-18H2,(H,28,32)/t21-,22+,23-/m0/s1. The van der Waals surface area contributed by atoms with Crippen molar-refractivity contribution in [2.45, 2.75) is 38.1 Å². The smallest absolute Gasteiger partial charge is 0.274 e. The van der Waals surface area contributed by atoms with Crippen molar-refractivity contribution in [3.63, 3.8) is 0 Å². The second-order valence-electron chi connectivity index (χ2n) is 9.84. The Hall–Kier alpha value is -2.80.